The van der Waals surface area contributed by atoms with Crippen LogP contribution in [0.3, 0.4) is 0 Å². The van der Waals surface area contributed by atoms with Gasteiger partial charge in [0.25, 0.3) is 0 Å². The van der Waals surface area contributed by atoms with E-state index in [2.05, 4.69) is 30.7 Å². The van der Waals surface area contributed by atoms with Gasteiger partial charge in [0.15, 0.2) is 0 Å². The normalized spacial score (nSPS) is 21.0. The largest absolute Gasteiger partial charge is 0.327 e. The third-order valence-corrected chi connectivity index (χ3v) is 4.08. The molecule has 3 nitrogen and oxygen atoms in total. The number of likely N-dealkylation sites (N-methyl/N-ethyl adjacent to an activating group) is 1. The molecular weight excluding hydrogens is 210 g/mol. The van der Waals surface area contributed by atoms with Crippen LogP contribution in [-0.2, 0) is 0 Å². The molecule has 1 rings (SSSR count). The van der Waals surface area contributed by atoms with Crippen LogP contribution in [-0.4, -0.2) is 55.1 Å². The van der Waals surface area contributed by atoms with E-state index >= 15 is 0 Å². The highest BCUT2D eigenvalue weighted by molar-refractivity contribution is 4.79. The number of likely N-dealkylation sites (tertiary alicyclic amines) is 1. The smallest absolute Gasteiger partial charge is 0.0167 e. The minimum atomic E-state index is 0.365. The van der Waals surface area contributed by atoms with E-state index in [9.17, 15) is 0 Å². The van der Waals surface area contributed by atoms with E-state index in [1.165, 1.54) is 51.7 Å². The zero-order valence-corrected chi connectivity index (χ0v) is 12.0. The van der Waals surface area contributed by atoms with Crippen molar-refractivity contribution >= 4 is 0 Å². The first-order valence-electron chi connectivity index (χ1n) is 7.35. The molecule has 0 aliphatic carbocycles. The lowest BCUT2D eigenvalue weighted by Crippen LogP contribution is -2.46. The third kappa shape index (κ3) is 5.36. The van der Waals surface area contributed by atoms with Gasteiger partial charge < -0.3 is 15.5 Å². The summed E-state index contributed by atoms with van der Waals surface area (Å²) in [6.45, 7) is 9.27. The molecule has 17 heavy (non-hydrogen) atoms. The van der Waals surface area contributed by atoms with Crippen LogP contribution in [0.4, 0.5) is 0 Å². The molecule has 1 saturated heterocycles. The van der Waals surface area contributed by atoms with E-state index < -0.39 is 0 Å². The summed E-state index contributed by atoms with van der Waals surface area (Å²) in [6, 6.07) is 1.12. The Morgan fingerprint density at radius 2 is 1.94 bits per heavy atom. The van der Waals surface area contributed by atoms with Crippen molar-refractivity contribution in [1.82, 2.24) is 9.80 Å². The fourth-order valence-electron chi connectivity index (χ4n) is 2.75. The van der Waals surface area contributed by atoms with E-state index in [-0.39, 0.29) is 0 Å². The van der Waals surface area contributed by atoms with E-state index in [0.717, 1.165) is 12.6 Å². The number of nitrogens with two attached hydrogens (primary N) is 1. The van der Waals surface area contributed by atoms with Crippen LogP contribution < -0.4 is 5.73 Å². The van der Waals surface area contributed by atoms with Crippen LogP contribution in [0.1, 0.15) is 46.0 Å². The third-order valence-electron chi connectivity index (χ3n) is 4.08. The summed E-state index contributed by atoms with van der Waals surface area (Å²) in [5, 5.41) is 0. The zero-order valence-electron chi connectivity index (χ0n) is 12.0. The number of hydrogen-bond acceptors (Lipinski definition) is 3. The SMILES string of the molecule is CCCCC(N)CN(C)C1CCN(CC)CC1. The monoisotopic (exact) mass is 241 g/mol. The summed E-state index contributed by atoms with van der Waals surface area (Å²) in [4.78, 5) is 5.04. The van der Waals surface area contributed by atoms with E-state index in [1.54, 1.807) is 0 Å². The Morgan fingerprint density at radius 1 is 1.29 bits per heavy atom. The first kappa shape index (κ1) is 14.9. The lowest BCUT2D eigenvalue weighted by molar-refractivity contribution is 0.126. The Labute approximate surface area is 107 Å². The fraction of sp³-hybridized carbons (Fsp3) is 1.00. The molecular formula is C14H31N3. The van der Waals surface area contributed by atoms with Gasteiger partial charge in [0.05, 0.1) is 0 Å². The van der Waals surface area contributed by atoms with Gasteiger partial charge in [-0.2, -0.15) is 0 Å². The first-order chi connectivity index (χ1) is 8.17. The fourth-order valence-corrected chi connectivity index (χ4v) is 2.75. The highest BCUT2D eigenvalue weighted by Gasteiger charge is 2.22. The van der Waals surface area contributed by atoms with Crippen molar-refractivity contribution in [2.24, 2.45) is 5.73 Å². The van der Waals surface area contributed by atoms with Crippen molar-refractivity contribution in [3.05, 3.63) is 0 Å². The zero-order chi connectivity index (χ0) is 12.7. The molecule has 1 aliphatic heterocycles. The van der Waals surface area contributed by atoms with Gasteiger partial charge in [-0.3, -0.25) is 0 Å². The summed E-state index contributed by atoms with van der Waals surface area (Å²) in [5.41, 5.74) is 6.17. The van der Waals surface area contributed by atoms with Crippen molar-refractivity contribution in [1.29, 1.82) is 0 Å². The lowest BCUT2D eigenvalue weighted by Gasteiger charge is -2.37. The maximum atomic E-state index is 6.17. The summed E-state index contributed by atoms with van der Waals surface area (Å²) >= 11 is 0. The molecule has 0 radical (unpaired) electrons. The summed E-state index contributed by atoms with van der Waals surface area (Å²) < 4.78 is 0. The van der Waals surface area contributed by atoms with Crippen molar-refractivity contribution < 1.29 is 0 Å². The molecule has 0 spiro atoms. The molecule has 0 aromatic rings. The molecule has 1 atom stereocenters. The van der Waals surface area contributed by atoms with Gasteiger partial charge in [0.2, 0.25) is 0 Å². The summed E-state index contributed by atoms with van der Waals surface area (Å²) in [6.07, 6.45) is 6.32. The minimum Gasteiger partial charge on any atom is -0.327 e. The van der Waals surface area contributed by atoms with Crippen molar-refractivity contribution in [2.75, 3.05) is 33.2 Å². The van der Waals surface area contributed by atoms with Crippen molar-refractivity contribution in [2.45, 2.75) is 58.0 Å². The van der Waals surface area contributed by atoms with Crippen LogP contribution in [0.2, 0.25) is 0 Å². The highest BCUT2D eigenvalue weighted by Crippen LogP contribution is 2.15. The first-order valence-corrected chi connectivity index (χ1v) is 7.35. The van der Waals surface area contributed by atoms with Gasteiger partial charge in [0.1, 0.15) is 0 Å². The van der Waals surface area contributed by atoms with Crippen LogP contribution >= 0.6 is 0 Å². The molecule has 102 valence electrons. The average Bonchev–Trinajstić information content (AvgIpc) is 2.36. The maximum absolute atomic E-state index is 6.17. The molecule has 0 amide bonds. The van der Waals surface area contributed by atoms with Gasteiger partial charge in [-0.15, -0.1) is 0 Å². The van der Waals surface area contributed by atoms with Crippen LogP contribution in [0, 0.1) is 0 Å². The number of nitrogens with zero attached hydrogens (tertiary/aromatic N) is 2. The van der Waals surface area contributed by atoms with E-state index in [1.807, 2.05) is 0 Å². The van der Waals surface area contributed by atoms with Gasteiger partial charge in [-0.05, 0) is 45.9 Å². The molecule has 3 heteroatoms. The van der Waals surface area contributed by atoms with Gasteiger partial charge >= 0.3 is 0 Å². The quantitative estimate of drug-likeness (QED) is 0.739. The molecule has 0 aromatic carbocycles. The summed E-state index contributed by atoms with van der Waals surface area (Å²) in [7, 11) is 2.25. The number of hydrogen-bond donors (Lipinski definition) is 1. The molecule has 0 saturated carbocycles. The van der Waals surface area contributed by atoms with Crippen LogP contribution in [0.15, 0.2) is 0 Å². The Morgan fingerprint density at radius 3 is 2.47 bits per heavy atom. The Bertz CT molecular complexity index is 188. The minimum absolute atomic E-state index is 0.365. The van der Waals surface area contributed by atoms with Crippen molar-refractivity contribution in [3.63, 3.8) is 0 Å². The average molecular weight is 241 g/mol. The number of piperidine rings is 1. The van der Waals surface area contributed by atoms with Gasteiger partial charge in [0, 0.05) is 18.6 Å². The maximum Gasteiger partial charge on any atom is 0.0167 e. The summed E-state index contributed by atoms with van der Waals surface area (Å²) in [5.74, 6) is 0. The standard InChI is InChI=1S/C14H31N3/c1-4-6-7-13(15)12-16(3)14-8-10-17(5-2)11-9-14/h13-14H,4-12,15H2,1-3H3. The van der Waals surface area contributed by atoms with E-state index in [0.29, 0.717) is 6.04 Å². The second-order valence-electron chi connectivity index (χ2n) is 5.51. The van der Waals surface area contributed by atoms with Crippen LogP contribution in [0.25, 0.3) is 0 Å². The highest BCUT2D eigenvalue weighted by atomic mass is 15.2. The van der Waals surface area contributed by atoms with Crippen LogP contribution in [0.5, 0.6) is 0 Å². The predicted octanol–water partition coefficient (Wildman–Crippen LogP) is 1.92. The lowest BCUT2D eigenvalue weighted by atomic mass is 10.0. The molecule has 1 aliphatic rings. The van der Waals surface area contributed by atoms with Gasteiger partial charge in [-0.1, -0.05) is 26.7 Å². The molecule has 1 unspecified atom stereocenters. The molecule has 1 fully saturated rings. The Hall–Kier alpha value is -0.120. The number of rotatable bonds is 7. The topological polar surface area (TPSA) is 32.5 Å². The predicted molar refractivity (Wildman–Crippen MR) is 75.3 cm³/mol. The Balaban J connectivity index is 2.21. The Kier molecular flexibility index (Phi) is 7.09. The van der Waals surface area contributed by atoms with Gasteiger partial charge in [-0.25, -0.2) is 0 Å². The molecule has 1 heterocycles. The van der Waals surface area contributed by atoms with Crippen molar-refractivity contribution in [3.8, 4) is 0 Å². The number of unbranched alkanes of at least 4 members (excludes halogenated alkanes) is 1. The molecule has 2 N–H and O–H groups in total. The molecule has 0 aromatic heterocycles. The van der Waals surface area contributed by atoms with E-state index in [4.69, 9.17) is 5.73 Å². The second-order valence-corrected chi connectivity index (χ2v) is 5.51. The second kappa shape index (κ2) is 8.06. The molecule has 0 bridgehead atoms.